The molecule has 0 bridgehead atoms. The molecule has 0 saturated heterocycles. The van der Waals surface area contributed by atoms with E-state index in [0.29, 0.717) is 5.92 Å². The molecule has 72 valence electrons. The molecule has 0 atom stereocenters. The minimum atomic E-state index is 0.0951. The highest BCUT2D eigenvalue weighted by Gasteiger charge is 2.16. The molecule has 1 heterocycles. The zero-order chi connectivity index (χ0) is 10.1. The van der Waals surface area contributed by atoms with E-state index in [9.17, 15) is 0 Å². The van der Waals surface area contributed by atoms with Crippen molar-refractivity contribution < 1.29 is 0 Å². The Labute approximate surface area is 80.4 Å². The third-order valence-corrected chi connectivity index (χ3v) is 2.11. The van der Waals surface area contributed by atoms with E-state index in [4.69, 9.17) is 0 Å². The van der Waals surface area contributed by atoms with Gasteiger partial charge in [-0.05, 0) is 17.5 Å². The number of rotatable bonds is 1. The lowest BCUT2D eigenvalue weighted by Gasteiger charge is -2.17. The van der Waals surface area contributed by atoms with Crippen LogP contribution in [0.2, 0.25) is 0 Å². The zero-order valence-electron chi connectivity index (χ0n) is 9.13. The first kappa shape index (κ1) is 10.2. The standard InChI is InChI=1S/C11H18N2/c1-8(2)9-6-10(11(3,4)5)13-12-7-9/h6-8H,1-5H3. The van der Waals surface area contributed by atoms with E-state index in [1.165, 1.54) is 5.56 Å². The highest BCUT2D eigenvalue weighted by atomic mass is 15.1. The molecule has 0 unspecified atom stereocenters. The van der Waals surface area contributed by atoms with Crippen LogP contribution in [0, 0.1) is 0 Å². The second kappa shape index (κ2) is 3.44. The highest BCUT2D eigenvalue weighted by Crippen LogP contribution is 2.22. The van der Waals surface area contributed by atoms with Crippen LogP contribution in [0.4, 0.5) is 0 Å². The fourth-order valence-electron chi connectivity index (χ4n) is 1.06. The Morgan fingerprint density at radius 2 is 1.85 bits per heavy atom. The van der Waals surface area contributed by atoms with Gasteiger partial charge in [0, 0.05) is 5.41 Å². The van der Waals surface area contributed by atoms with Gasteiger partial charge in [-0.3, -0.25) is 0 Å². The van der Waals surface area contributed by atoms with Gasteiger partial charge in [-0.1, -0.05) is 34.6 Å². The summed E-state index contributed by atoms with van der Waals surface area (Å²) in [5.74, 6) is 0.525. The third-order valence-electron chi connectivity index (χ3n) is 2.11. The molecule has 0 saturated carbocycles. The van der Waals surface area contributed by atoms with Crippen LogP contribution >= 0.6 is 0 Å². The van der Waals surface area contributed by atoms with Gasteiger partial charge < -0.3 is 0 Å². The Morgan fingerprint density at radius 1 is 1.23 bits per heavy atom. The smallest absolute Gasteiger partial charge is 0.0687 e. The van der Waals surface area contributed by atoms with Crippen molar-refractivity contribution in [2.24, 2.45) is 0 Å². The average Bonchev–Trinajstić information content (AvgIpc) is 2.03. The van der Waals surface area contributed by atoms with Crippen molar-refractivity contribution in [3.05, 3.63) is 23.5 Å². The van der Waals surface area contributed by atoms with Crippen LogP contribution in [0.15, 0.2) is 12.3 Å². The maximum absolute atomic E-state index is 4.14. The summed E-state index contributed by atoms with van der Waals surface area (Å²) in [6.45, 7) is 10.8. The lowest BCUT2D eigenvalue weighted by molar-refractivity contribution is 0.555. The van der Waals surface area contributed by atoms with Gasteiger partial charge in [0.25, 0.3) is 0 Å². The summed E-state index contributed by atoms with van der Waals surface area (Å²) in [6.07, 6.45) is 1.85. The maximum Gasteiger partial charge on any atom is 0.0687 e. The van der Waals surface area contributed by atoms with Crippen LogP contribution in [0.25, 0.3) is 0 Å². The van der Waals surface area contributed by atoms with Crippen molar-refractivity contribution in [2.45, 2.75) is 46.0 Å². The summed E-state index contributed by atoms with van der Waals surface area (Å²) in [5.41, 5.74) is 2.43. The molecule has 0 radical (unpaired) electrons. The van der Waals surface area contributed by atoms with E-state index in [1.807, 2.05) is 6.20 Å². The van der Waals surface area contributed by atoms with Gasteiger partial charge in [-0.15, -0.1) is 0 Å². The van der Waals surface area contributed by atoms with Gasteiger partial charge in [-0.2, -0.15) is 10.2 Å². The topological polar surface area (TPSA) is 25.8 Å². The maximum atomic E-state index is 4.14. The SMILES string of the molecule is CC(C)c1cnnc(C(C)(C)C)c1. The van der Waals surface area contributed by atoms with Crippen molar-refractivity contribution in [3.8, 4) is 0 Å². The van der Waals surface area contributed by atoms with Gasteiger partial charge >= 0.3 is 0 Å². The van der Waals surface area contributed by atoms with Gasteiger partial charge in [0.1, 0.15) is 0 Å². The third kappa shape index (κ3) is 2.51. The molecule has 0 N–H and O–H groups in total. The van der Waals surface area contributed by atoms with Gasteiger partial charge in [0.15, 0.2) is 0 Å². The van der Waals surface area contributed by atoms with Gasteiger partial charge in [-0.25, -0.2) is 0 Å². The Kier molecular flexibility index (Phi) is 2.69. The predicted molar refractivity (Wildman–Crippen MR) is 54.8 cm³/mol. The van der Waals surface area contributed by atoms with Crippen LogP contribution < -0.4 is 0 Å². The molecule has 0 fully saturated rings. The Hall–Kier alpha value is -0.920. The van der Waals surface area contributed by atoms with E-state index >= 15 is 0 Å². The average molecular weight is 178 g/mol. The summed E-state index contributed by atoms with van der Waals surface area (Å²) in [6, 6.07) is 2.15. The Morgan fingerprint density at radius 3 is 2.31 bits per heavy atom. The van der Waals surface area contributed by atoms with Crippen molar-refractivity contribution in [3.63, 3.8) is 0 Å². The Bertz CT molecular complexity index is 284. The normalized spacial score (nSPS) is 12.2. The molecule has 1 rings (SSSR count). The van der Waals surface area contributed by atoms with Crippen LogP contribution in [-0.4, -0.2) is 10.2 Å². The summed E-state index contributed by atoms with van der Waals surface area (Å²) in [4.78, 5) is 0. The lowest BCUT2D eigenvalue weighted by Crippen LogP contribution is -2.14. The van der Waals surface area contributed by atoms with Crippen molar-refractivity contribution in [1.82, 2.24) is 10.2 Å². The molecule has 0 amide bonds. The number of nitrogens with zero attached hydrogens (tertiary/aromatic N) is 2. The summed E-state index contributed by atoms with van der Waals surface area (Å²) in [7, 11) is 0. The van der Waals surface area contributed by atoms with Crippen LogP contribution in [0.1, 0.15) is 51.8 Å². The zero-order valence-corrected chi connectivity index (χ0v) is 9.13. The van der Waals surface area contributed by atoms with Gasteiger partial charge in [0.05, 0.1) is 11.9 Å². The number of hydrogen-bond acceptors (Lipinski definition) is 2. The molecule has 1 aromatic rings. The quantitative estimate of drug-likeness (QED) is 0.660. The predicted octanol–water partition coefficient (Wildman–Crippen LogP) is 2.90. The minimum absolute atomic E-state index is 0.0951. The lowest BCUT2D eigenvalue weighted by atomic mass is 9.90. The summed E-state index contributed by atoms with van der Waals surface area (Å²) < 4.78 is 0. The molecule has 1 aromatic heterocycles. The van der Waals surface area contributed by atoms with Crippen LogP contribution in [0.3, 0.4) is 0 Å². The first-order valence-electron chi connectivity index (χ1n) is 4.74. The van der Waals surface area contributed by atoms with E-state index in [2.05, 4.69) is 50.9 Å². The highest BCUT2D eigenvalue weighted by molar-refractivity contribution is 5.20. The van der Waals surface area contributed by atoms with Gasteiger partial charge in [0.2, 0.25) is 0 Å². The summed E-state index contributed by atoms with van der Waals surface area (Å²) in [5, 5.41) is 8.17. The van der Waals surface area contributed by atoms with E-state index < -0.39 is 0 Å². The molecule has 0 aromatic carbocycles. The summed E-state index contributed by atoms with van der Waals surface area (Å²) >= 11 is 0. The molecular weight excluding hydrogens is 160 g/mol. The van der Waals surface area contributed by atoms with E-state index in [-0.39, 0.29) is 5.41 Å². The monoisotopic (exact) mass is 178 g/mol. The fraction of sp³-hybridized carbons (Fsp3) is 0.636. The minimum Gasteiger partial charge on any atom is -0.159 e. The molecule has 13 heavy (non-hydrogen) atoms. The molecular formula is C11H18N2. The molecule has 0 spiro atoms. The second-order valence-corrected chi connectivity index (χ2v) is 4.78. The number of hydrogen-bond donors (Lipinski definition) is 0. The molecule has 0 aliphatic carbocycles. The molecule has 2 heteroatoms. The van der Waals surface area contributed by atoms with Crippen LogP contribution in [-0.2, 0) is 5.41 Å². The van der Waals surface area contributed by atoms with E-state index in [1.54, 1.807) is 0 Å². The molecule has 0 aliphatic rings. The first-order chi connectivity index (χ1) is 5.91. The number of aromatic nitrogens is 2. The van der Waals surface area contributed by atoms with Crippen molar-refractivity contribution in [1.29, 1.82) is 0 Å². The first-order valence-corrected chi connectivity index (χ1v) is 4.74. The van der Waals surface area contributed by atoms with E-state index in [0.717, 1.165) is 5.69 Å². The Balaban J connectivity index is 3.06. The van der Waals surface area contributed by atoms with Crippen LogP contribution in [0.5, 0.6) is 0 Å². The molecule has 2 nitrogen and oxygen atoms in total. The second-order valence-electron chi connectivity index (χ2n) is 4.78. The largest absolute Gasteiger partial charge is 0.159 e. The van der Waals surface area contributed by atoms with Crippen molar-refractivity contribution in [2.75, 3.05) is 0 Å². The fourth-order valence-corrected chi connectivity index (χ4v) is 1.06. The molecule has 0 aliphatic heterocycles. The van der Waals surface area contributed by atoms with Crippen molar-refractivity contribution >= 4 is 0 Å².